The summed E-state index contributed by atoms with van der Waals surface area (Å²) >= 11 is 0. The Kier molecular flexibility index (Phi) is 10.3. The van der Waals surface area contributed by atoms with Gasteiger partial charge in [-0.05, 0) is 80.7 Å². The Morgan fingerprint density at radius 1 is 0.958 bits per heavy atom. The Hall–Kier alpha value is -3.72. The first kappa shape index (κ1) is 34.2. The average molecular weight is 689 g/mol. The number of nitrogens with zero attached hydrogens (tertiary/aromatic N) is 4. The highest BCUT2D eigenvalue weighted by Crippen LogP contribution is 2.41. The Morgan fingerprint density at radius 3 is 2.38 bits per heavy atom. The molecule has 3 aliphatic rings. The van der Waals surface area contributed by atoms with Crippen molar-refractivity contribution in [3.63, 3.8) is 0 Å². The molecule has 0 saturated carbocycles. The van der Waals surface area contributed by atoms with Gasteiger partial charge in [0.1, 0.15) is 25.0 Å². The first-order valence-corrected chi connectivity index (χ1v) is 17.6. The fourth-order valence-corrected chi connectivity index (χ4v) is 8.57. The van der Waals surface area contributed by atoms with Gasteiger partial charge in [0.2, 0.25) is 5.91 Å². The summed E-state index contributed by atoms with van der Waals surface area (Å²) in [5.74, 6) is -0.0594. The molecule has 14 heteroatoms. The molecule has 1 amide bonds. The van der Waals surface area contributed by atoms with Crippen molar-refractivity contribution in [2.75, 3.05) is 63.5 Å². The van der Waals surface area contributed by atoms with Crippen molar-refractivity contribution in [2.45, 2.75) is 48.4 Å². The molecule has 4 heterocycles. The molecule has 0 N–H and O–H groups in total. The number of anilines is 1. The first-order chi connectivity index (χ1) is 23.1. The minimum atomic E-state index is -4.89. The second-order valence-corrected chi connectivity index (χ2v) is 14.0. The topological polar surface area (TPSA) is 102 Å². The molecule has 2 aromatic carbocycles. The van der Waals surface area contributed by atoms with E-state index in [4.69, 9.17) is 14.2 Å². The van der Waals surface area contributed by atoms with Crippen LogP contribution in [0.4, 0.5) is 18.9 Å². The van der Waals surface area contributed by atoms with E-state index < -0.39 is 38.3 Å². The number of likely N-dealkylation sites (tertiary alicyclic amines) is 2. The molecule has 2 fully saturated rings. The number of alkyl halides is 3. The number of carbonyl (C=O) groups is 1. The number of para-hydroxylation sites is 2. The molecule has 0 bridgehead atoms. The number of pyridine rings is 1. The molecule has 3 aromatic rings. The molecule has 2 saturated heterocycles. The number of rotatable bonds is 11. The number of benzene rings is 2. The van der Waals surface area contributed by atoms with Gasteiger partial charge >= 0.3 is 6.18 Å². The third-order valence-electron chi connectivity index (χ3n) is 9.25. The number of fused-ring (bicyclic) bond motifs is 1. The predicted molar refractivity (Wildman–Crippen MR) is 171 cm³/mol. The monoisotopic (exact) mass is 688 g/mol. The molecule has 3 aliphatic heterocycles. The van der Waals surface area contributed by atoms with Crippen LogP contribution < -0.4 is 9.04 Å². The largest absolute Gasteiger partial charge is 0.489 e. The highest BCUT2D eigenvalue weighted by atomic mass is 32.2. The van der Waals surface area contributed by atoms with Crippen molar-refractivity contribution in [2.24, 2.45) is 0 Å². The van der Waals surface area contributed by atoms with Gasteiger partial charge in [-0.25, -0.2) is 8.42 Å². The molecule has 6 rings (SSSR count). The van der Waals surface area contributed by atoms with Crippen molar-refractivity contribution in [3.8, 4) is 5.75 Å². The van der Waals surface area contributed by atoms with Crippen molar-refractivity contribution >= 4 is 21.6 Å². The van der Waals surface area contributed by atoms with E-state index in [0.29, 0.717) is 32.5 Å². The summed E-state index contributed by atoms with van der Waals surface area (Å²) in [5.41, 5.74) is -0.701. The lowest BCUT2D eigenvalue weighted by Gasteiger charge is -2.42. The van der Waals surface area contributed by atoms with Gasteiger partial charge in [-0.2, -0.15) is 13.2 Å². The van der Waals surface area contributed by atoms with E-state index >= 15 is 0 Å². The molecule has 10 nitrogen and oxygen atoms in total. The van der Waals surface area contributed by atoms with Gasteiger partial charge in [0, 0.05) is 32.0 Å². The normalized spacial score (nSPS) is 19.9. The quantitative estimate of drug-likeness (QED) is 0.286. The van der Waals surface area contributed by atoms with Gasteiger partial charge in [0.05, 0.1) is 35.0 Å². The third-order valence-corrected chi connectivity index (χ3v) is 11.2. The Balaban J connectivity index is 1.11. The first-order valence-electron chi connectivity index (χ1n) is 16.1. The molecule has 1 unspecified atom stereocenters. The maximum Gasteiger partial charge on any atom is 0.417 e. The fourth-order valence-electron chi connectivity index (χ4n) is 6.72. The summed E-state index contributed by atoms with van der Waals surface area (Å²) < 4.78 is 88.5. The predicted octanol–water partition coefficient (Wildman–Crippen LogP) is 4.70. The Bertz CT molecular complexity index is 1660. The number of aromatic nitrogens is 1. The van der Waals surface area contributed by atoms with Crippen molar-refractivity contribution in [1.82, 2.24) is 14.8 Å². The molecule has 0 spiro atoms. The number of sulfonamides is 1. The minimum Gasteiger partial charge on any atom is -0.489 e. The second-order valence-electron chi connectivity index (χ2n) is 12.3. The average Bonchev–Trinajstić information content (AvgIpc) is 3.62. The number of amides is 1. The van der Waals surface area contributed by atoms with Crippen molar-refractivity contribution < 1.29 is 40.6 Å². The van der Waals surface area contributed by atoms with E-state index in [2.05, 4.69) is 9.88 Å². The van der Waals surface area contributed by atoms with E-state index in [1.807, 2.05) is 12.1 Å². The maximum atomic E-state index is 13.9. The lowest BCUT2D eigenvalue weighted by atomic mass is 9.84. The smallest absolute Gasteiger partial charge is 0.417 e. The zero-order valence-corrected chi connectivity index (χ0v) is 27.3. The van der Waals surface area contributed by atoms with Gasteiger partial charge < -0.3 is 24.0 Å². The number of ether oxygens (including phenoxy) is 3. The van der Waals surface area contributed by atoms with Gasteiger partial charge in [0.15, 0.2) is 0 Å². The van der Waals surface area contributed by atoms with E-state index in [1.165, 1.54) is 25.0 Å². The zero-order valence-electron chi connectivity index (χ0n) is 26.5. The summed E-state index contributed by atoms with van der Waals surface area (Å²) in [4.78, 5) is 20.7. The number of hydrogen-bond donors (Lipinski definition) is 0. The highest BCUT2D eigenvalue weighted by Gasteiger charge is 2.43. The van der Waals surface area contributed by atoms with Crippen LogP contribution in [-0.4, -0.2) is 94.3 Å². The van der Waals surface area contributed by atoms with Crippen LogP contribution in [0.3, 0.4) is 0 Å². The molecule has 0 radical (unpaired) electrons. The molecule has 1 aromatic heterocycles. The molecule has 0 aliphatic carbocycles. The standard InChI is InChI=1S/C34H39F3N4O6S/c35-34(36,37)28-7-1-4-10-31(28)48(43,44)41-27(24-46-30-9-3-2-8-29(30)41)23-45-25-32(42)40-19-13-33(14-20-40,26-11-15-38-16-12-26)47-22-21-39-17-5-6-18-39/h1-4,7-12,15-16,27H,5-6,13-14,17-25H2. The molecule has 1 atom stereocenters. The molecular formula is C34H39F3N4O6S. The molecular weight excluding hydrogens is 649 g/mol. The maximum absolute atomic E-state index is 13.9. The van der Waals surface area contributed by atoms with Crippen LogP contribution in [0.2, 0.25) is 0 Å². The highest BCUT2D eigenvalue weighted by molar-refractivity contribution is 7.93. The van der Waals surface area contributed by atoms with Crippen molar-refractivity contribution in [3.05, 3.63) is 84.2 Å². The van der Waals surface area contributed by atoms with Crippen LogP contribution in [0.15, 0.2) is 78.0 Å². The van der Waals surface area contributed by atoms with E-state index in [9.17, 15) is 26.4 Å². The molecule has 48 heavy (non-hydrogen) atoms. The second kappa shape index (κ2) is 14.4. The van der Waals surface area contributed by atoms with Crippen LogP contribution in [-0.2, 0) is 36.1 Å². The summed E-state index contributed by atoms with van der Waals surface area (Å²) in [6.45, 7) is 3.68. The van der Waals surface area contributed by atoms with Crippen LogP contribution in [0.1, 0.15) is 36.8 Å². The van der Waals surface area contributed by atoms with Crippen LogP contribution in [0, 0.1) is 0 Å². The van der Waals surface area contributed by atoms with Crippen LogP contribution in [0.25, 0.3) is 0 Å². The minimum absolute atomic E-state index is 0.0915. The van der Waals surface area contributed by atoms with E-state index in [1.54, 1.807) is 35.5 Å². The Morgan fingerprint density at radius 2 is 1.65 bits per heavy atom. The number of piperidine rings is 1. The van der Waals surface area contributed by atoms with Gasteiger partial charge in [-0.15, -0.1) is 0 Å². The van der Waals surface area contributed by atoms with E-state index in [-0.39, 0.29) is 37.2 Å². The Labute approximate surface area is 278 Å². The van der Waals surface area contributed by atoms with E-state index in [0.717, 1.165) is 47.7 Å². The number of carbonyl (C=O) groups excluding carboxylic acids is 1. The fraction of sp³-hybridized carbons (Fsp3) is 0.471. The zero-order chi connectivity index (χ0) is 33.8. The van der Waals surface area contributed by atoms with Crippen molar-refractivity contribution in [1.29, 1.82) is 0 Å². The lowest BCUT2D eigenvalue weighted by Crippen LogP contribution is -2.50. The van der Waals surface area contributed by atoms with Gasteiger partial charge in [-0.1, -0.05) is 24.3 Å². The number of hydrogen-bond acceptors (Lipinski definition) is 8. The lowest BCUT2D eigenvalue weighted by molar-refractivity contribution is -0.144. The summed E-state index contributed by atoms with van der Waals surface area (Å²) in [7, 11) is -4.73. The summed E-state index contributed by atoms with van der Waals surface area (Å²) in [6, 6.07) is 13.2. The van der Waals surface area contributed by atoms with Gasteiger partial charge in [-0.3, -0.25) is 14.1 Å². The molecule has 258 valence electrons. The SMILES string of the molecule is O=C(COCC1COc2ccccc2N1S(=O)(=O)c1ccccc1C(F)(F)F)N1CCC(OCCN2CCCC2)(c2ccncc2)CC1. The van der Waals surface area contributed by atoms with Gasteiger partial charge in [0.25, 0.3) is 10.0 Å². The van der Waals surface area contributed by atoms with Crippen LogP contribution in [0.5, 0.6) is 5.75 Å². The number of halogens is 3. The van der Waals surface area contributed by atoms with Crippen LogP contribution >= 0.6 is 0 Å². The summed E-state index contributed by atoms with van der Waals surface area (Å²) in [6.07, 6.45) is 2.17. The summed E-state index contributed by atoms with van der Waals surface area (Å²) in [5, 5.41) is 0. The third kappa shape index (κ3) is 7.31.